The summed E-state index contributed by atoms with van der Waals surface area (Å²) in [6.07, 6.45) is 5.88. The van der Waals surface area contributed by atoms with Gasteiger partial charge in [0.1, 0.15) is 10.6 Å². The second-order valence-corrected chi connectivity index (χ2v) is 9.18. The molecule has 31 heavy (non-hydrogen) atoms. The molecule has 0 aliphatic heterocycles. The van der Waals surface area contributed by atoms with E-state index in [0.717, 1.165) is 31.2 Å². The number of ether oxygens (including phenoxy) is 1. The van der Waals surface area contributed by atoms with Gasteiger partial charge in [-0.1, -0.05) is 43.2 Å². The molecule has 2 aromatic carbocycles. The van der Waals surface area contributed by atoms with Gasteiger partial charge in [-0.25, -0.2) is 13.2 Å². The molecule has 1 fully saturated rings. The van der Waals surface area contributed by atoms with E-state index in [1.54, 1.807) is 29.9 Å². The lowest BCUT2D eigenvalue weighted by Crippen LogP contribution is -2.14. The Morgan fingerprint density at radius 2 is 1.77 bits per heavy atom. The highest BCUT2D eigenvalue weighted by molar-refractivity contribution is 7.92. The van der Waals surface area contributed by atoms with Crippen LogP contribution >= 0.6 is 0 Å². The summed E-state index contributed by atoms with van der Waals surface area (Å²) in [4.78, 5) is 12.0. The van der Waals surface area contributed by atoms with Gasteiger partial charge in [0.2, 0.25) is 0 Å². The largest absolute Gasteiger partial charge is 0.462 e. The molecule has 1 N–H and O–H groups in total. The Morgan fingerprint density at radius 3 is 2.42 bits per heavy atom. The maximum Gasteiger partial charge on any atom is 0.338 e. The van der Waals surface area contributed by atoms with Gasteiger partial charge in [0, 0.05) is 17.4 Å². The first-order valence-electron chi connectivity index (χ1n) is 10.4. The van der Waals surface area contributed by atoms with Gasteiger partial charge in [-0.3, -0.25) is 9.40 Å². The predicted molar refractivity (Wildman–Crippen MR) is 118 cm³/mol. The molecule has 0 amide bonds. The average molecular weight is 440 g/mol. The molecule has 4 rings (SSSR count). The Morgan fingerprint density at radius 1 is 1.10 bits per heavy atom. The zero-order valence-corrected chi connectivity index (χ0v) is 18.1. The summed E-state index contributed by atoms with van der Waals surface area (Å²) in [5, 5.41) is 4.66. The summed E-state index contributed by atoms with van der Waals surface area (Å²) in [7, 11) is -3.89. The number of hydrogen-bond acceptors (Lipinski definition) is 5. The van der Waals surface area contributed by atoms with Crippen LogP contribution in [-0.2, 0) is 14.8 Å². The van der Waals surface area contributed by atoms with Crippen LogP contribution in [0.1, 0.15) is 49.0 Å². The zero-order chi connectivity index (χ0) is 21.8. The Bertz CT molecular complexity index is 1150. The topological polar surface area (TPSA) is 90.3 Å². The number of rotatable bonds is 7. The van der Waals surface area contributed by atoms with Crippen molar-refractivity contribution in [1.82, 2.24) is 9.78 Å². The standard InChI is InChI=1S/C23H25N3O4S/c1-2-30-23(27)18-12-14-19(15-13-18)25-31(28,29)21-16-26(20-10-6-7-11-20)24-22(21)17-8-4-3-5-9-17/h3-5,8-9,12-16,20,25H,2,6-7,10-11H2,1H3. The normalized spacial score (nSPS) is 14.5. The van der Waals surface area contributed by atoms with E-state index in [9.17, 15) is 13.2 Å². The molecule has 1 aliphatic carbocycles. The lowest BCUT2D eigenvalue weighted by Gasteiger charge is -2.09. The third-order valence-electron chi connectivity index (χ3n) is 5.38. The van der Waals surface area contributed by atoms with Crippen LogP contribution in [0.3, 0.4) is 0 Å². The molecule has 0 saturated heterocycles. The van der Waals surface area contributed by atoms with Gasteiger partial charge in [0.05, 0.1) is 18.2 Å². The molecule has 162 valence electrons. The van der Waals surface area contributed by atoms with Crippen LogP contribution in [0.5, 0.6) is 0 Å². The molecule has 1 aliphatic rings. The number of anilines is 1. The zero-order valence-electron chi connectivity index (χ0n) is 17.3. The van der Waals surface area contributed by atoms with E-state index in [0.29, 0.717) is 16.9 Å². The van der Waals surface area contributed by atoms with Crippen molar-refractivity contribution in [3.05, 3.63) is 66.4 Å². The highest BCUT2D eigenvalue weighted by Crippen LogP contribution is 2.33. The maximum absolute atomic E-state index is 13.3. The second-order valence-electron chi connectivity index (χ2n) is 7.53. The minimum Gasteiger partial charge on any atom is -0.462 e. The van der Waals surface area contributed by atoms with E-state index in [1.807, 2.05) is 30.3 Å². The number of esters is 1. The smallest absolute Gasteiger partial charge is 0.338 e. The quantitative estimate of drug-likeness (QED) is 0.542. The predicted octanol–water partition coefficient (Wildman–Crippen LogP) is 4.64. The number of aromatic nitrogens is 2. The fourth-order valence-electron chi connectivity index (χ4n) is 3.82. The fourth-order valence-corrected chi connectivity index (χ4v) is 5.04. The maximum atomic E-state index is 13.3. The monoisotopic (exact) mass is 439 g/mol. The van der Waals surface area contributed by atoms with Crippen LogP contribution in [-0.4, -0.2) is 30.8 Å². The molecule has 0 spiro atoms. The summed E-state index contributed by atoms with van der Waals surface area (Å²) >= 11 is 0. The van der Waals surface area contributed by atoms with Crippen molar-refractivity contribution >= 4 is 21.7 Å². The Kier molecular flexibility index (Phi) is 6.08. The van der Waals surface area contributed by atoms with Crippen LogP contribution in [0.25, 0.3) is 11.3 Å². The minimum atomic E-state index is -3.89. The van der Waals surface area contributed by atoms with E-state index < -0.39 is 16.0 Å². The van der Waals surface area contributed by atoms with Crippen LogP contribution in [0, 0.1) is 0 Å². The van der Waals surface area contributed by atoms with Gasteiger partial charge in [-0.15, -0.1) is 0 Å². The molecule has 8 heteroatoms. The van der Waals surface area contributed by atoms with Gasteiger partial charge in [0.25, 0.3) is 10.0 Å². The number of nitrogens with zero attached hydrogens (tertiary/aromatic N) is 2. The Hall–Kier alpha value is -3.13. The number of carbonyl (C=O) groups excluding carboxylic acids is 1. The summed E-state index contributed by atoms with van der Waals surface area (Å²) in [5.41, 5.74) is 1.91. The molecular formula is C23H25N3O4S. The lowest BCUT2D eigenvalue weighted by atomic mass is 10.2. The van der Waals surface area contributed by atoms with E-state index >= 15 is 0 Å². The molecule has 1 heterocycles. The Balaban J connectivity index is 1.66. The molecule has 0 unspecified atom stereocenters. The van der Waals surface area contributed by atoms with Crippen molar-refractivity contribution in [3.63, 3.8) is 0 Å². The Labute approximate surface area is 182 Å². The molecule has 1 aromatic heterocycles. The van der Waals surface area contributed by atoms with Crippen LogP contribution in [0.4, 0.5) is 5.69 Å². The summed E-state index contributed by atoms with van der Waals surface area (Å²) in [5.74, 6) is -0.443. The van der Waals surface area contributed by atoms with Crippen LogP contribution in [0.2, 0.25) is 0 Å². The highest BCUT2D eigenvalue weighted by atomic mass is 32.2. The molecule has 0 atom stereocenters. The SMILES string of the molecule is CCOC(=O)c1ccc(NS(=O)(=O)c2cn(C3CCCC3)nc2-c2ccccc2)cc1. The first-order valence-corrected chi connectivity index (χ1v) is 11.9. The third kappa shape index (κ3) is 4.64. The second kappa shape index (κ2) is 8.93. The fraction of sp³-hybridized carbons (Fsp3) is 0.304. The average Bonchev–Trinajstić information content (AvgIpc) is 3.45. The van der Waals surface area contributed by atoms with Crippen molar-refractivity contribution < 1.29 is 17.9 Å². The number of nitrogens with one attached hydrogen (secondary N) is 1. The molecule has 7 nitrogen and oxygen atoms in total. The van der Waals surface area contributed by atoms with Crippen molar-refractivity contribution in [2.75, 3.05) is 11.3 Å². The van der Waals surface area contributed by atoms with Crippen LogP contribution in [0.15, 0.2) is 65.7 Å². The van der Waals surface area contributed by atoms with E-state index in [1.165, 1.54) is 12.1 Å². The van der Waals surface area contributed by atoms with Gasteiger partial charge in [0.15, 0.2) is 0 Å². The first kappa shape index (κ1) is 21.1. The molecular weight excluding hydrogens is 414 g/mol. The van der Waals surface area contributed by atoms with Gasteiger partial charge < -0.3 is 4.74 Å². The van der Waals surface area contributed by atoms with Gasteiger partial charge >= 0.3 is 5.97 Å². The lowest BCUT2D eigenvalue weighted by molar-refractivity contribution is 0.0526. The van der Waals surface area contributed by atoms with E-state index in [4.69, 9.17) is 4.74 Å². The number of hydrogen-bond donors (Lipinski definition) is 1. The van der Waals surface area contributed by atoms with E-state index in [2.05, 4.69) is 9.82 Å². The highest BCUT2D eigenvalue weighted by Gasteiger charge is 2.27. The third-order valence-corrected chi connectivity index (χ3v) is 6.76. The molecule has 3 aromatic rings. The number of benzene rings is 2. The van der Waals surface area contributed by atoms with Gasteiger partial charge in [-0.2, -0.15) is 5.10 Å². The molecule has 1 saturated carbocycles. The number of sulfonamides is 1. The van der Waals surface area contributed by atoms with Crippen molar-refractivity contribution in [2.24, 2.45) is 0 Å². The summed E-state index contributed by atoms with van der Waals surface area (Å²) in [6, 6.07) is 15.7. The van der Waals surface area contributed by atoms with Gasteiger partial charge in [-0.05, 0) is 44.0 Å². The minimum absolute atomic E-state index is 0.139. The molecule has 0 bridgehead atoms. The van der Waals surface area contributed by atoms with Crippen LogP contribution < -0.4 is 4.72 Å². The first-order chi connectivity index (χ1) is 15.0. The summed E-state index contributed by atoms with van der Waals surface area (Å²) in [6.45, 7) is 2.01. The van der Waals surface area contributed by atoms with Crippen molar-refractivity contribution in [2.45, 2.75) is 43.5 Å². The molecule has 0 radical (unpaired) electrons. The van der Waals surface area contributed by atoms with E-state index in [-0.39, 0.29) is 17.5 Å². The van der Waals surface area contributed by atoms with Crippen molar-refractivity contribution in [3.8, 4) is 11.3 Å². The number of carbonyl (C=O) groups is 1. The summed E-state index contributed by atoms with van der Waals surface area (Å²) < 4.78 is 36.0. The van der Waals surface area contributed by atoms with Crippen molar-refractivity contribution in [1.29, 1.82) is 0 Å².